The Morgan fingerprint density at radius 3 is 2.73 bits per heavy atom. The number of hydrogen-bond donors (Lipinski definition) is 0. The van der Waals surface area contributed by atoms with Crippen LogP contribution in [0.2, 0.25) is 0 Å². The molecule has 0 spiro atoms. The number of benzene rings is 1. The van der Waals surface area contributed by atoms with Gasteiger partial charge in [0, 0.05) is 9.35 Å². The summed E-state index contributed by atoms with van der Waals surface area (Å²) in [5.41, 5.74) is 2.40. The van der Waals surface area contributed by atoms with Gasteiger partial charge >= 0.3 is 0 Å². The summed E-state index contributed by atoms with van der Waals surface area (Å²) in [7, 11) is 0. The van der Waals surface area contributed by atoms with Gasteiger partial charge in [-0.25, -0.2) is 0 Å². The Kier molecular flexibility index (Phi) is 3.49. The minimum Gasteiger partial charge on any atom is -0.147 e. The van der Waals surface area contributed by atoms with E-state index in [9.17, 15) is 0 Å². The predicted octanol–water partition coefficient (Wildman–Crippen LogP) is 5.15. The van der Waals surface area contributed by atoms with E-state index in [4.69, 9.17) is 11.6 Å². The molecule has 0 radical (unpaired) electrons. The summed E-state index contributed by atoms with van der Waals surface area (Å²) in [5.74, 6) is 0. The molecular weight excluding hydrogens is 292 g/mol. The van der Waals surface area contributed by atoms with Crippen molar-refractivity contribution in [2.75, 3.05) is 0 Å². The topological polar surface area (TPSA) is 0 Å². The fourth-order valence-electron chi connectivity index (χ4n) is 1.51. The molecule has 0 fully saturated rings. The van der Waals surface area contributed by atoms with Crippen LogP contribution in [-0.4, -0.2) is 0 Å². The normalized spacial score (nSPS) is 12.7. The van der Waals surface area contributed by atoms with Gasteiger partial charge in [-0.05, 0) is 41.6 Å². The first kappa shape index (κ1) is 11.2. The zero-order valence-electron chi connectivity index (χ0n) is 8.21. The quantitative estimate of drug-likeness (QED) is 0.673. The van der Waals surface area contributed by atoms with Gasteiger partial charge in [0.15, 0.2) is 0 Å². The molecule has 2 aromatic rings. The Hall–Kier alpha value is -0.310. The molecule has 0 aliphatic carbocycles. The molecule has 0 bridgehead atoms. The fraction of sp³-hybridized carbons (Fsp3) is 0.167. The molecule has 2 rings (SSSR count). The van der Waals surface area contributed by atoms with Gasteiger partial charge in [-0.2, -0.15) is 0 Å². The molecule has 1 aromatic carbocycles. The zero-order chi connectivity index (χ0) is 10.8. The lowest BCUT2D eigenvalue weighted by molar-refractivity contribution is 1.14. The van der Waals surface area contributed by atoms with Gasteiger partial charge in [0.25, 0.3) is 0 Å². The molecule has 15 heavy (non-hydrogen) atoms. The number of aryl methyl sites for hydroxylation is 1. The van der Waals surface area contributed by atoms with Crippen LogP contribution in [0.3, 0.4) is 0 Å². The maximum absolute atomic E-state index is 6.43. The number of rotatable bonds is 2. The van der Waals surface area contributed by atoms with Crippen LogP contribution < -0.4 is 0 Å². The summed E-state index contributed by atoms with van der Waals surface area (Å²) in [6.45, 7) is 2.09. The predicted molar refractivity (Wildman–Crippen MR) is 70.9 cm³/mol. The molecule has 1 heterocycles. The fourth-order valence-corrected chi connectivity index (χ4v) is 3.18. The molecular formula is C12H10BrClS. The highest BCUT2D eigenvalue weighted by atomic mass is 79.9. The Morgan fingerprint density at radius 1 is 1.33 bits per heavy atom. The highest BCUT2D eigenvalue weighted by Gasteiger charge is 2.13. The molecule has 0 amide bonds. The van der Waals surface area contributed by atoms with Gasteiger partial charge in [0.1, 0.15) is 0 Å². The smallest absolute Gasteiger partial charge is 0.0930 e. The van der Waals surface area contributed by atoms with Crippen molar-refractivity contribution in [1.82, 2.24) is 0 Å². The van der Waals surface area contributed by atoms with Gasteiger partial charge in [0.05, 0.1) is 5.38 Å². The molecule has 0 aliphatic heterocycles. The first-order valence-corrected chi connectivity index (χ1v) is 6.73. The van der Waals surface area contributed by atoms with Crippen LogP contribution in [0.5, 0.6) is 0 Å². The number of hydrogen-bond acceptors (Lipinski definition) is 1. The van der Waals surface area contributed by atoms with E-state index in [0.717, 1.165) is 4.47 Å². The average molecular weight is 302 g/mol. The lowest BCUT2D eigenvalue weighted by Gasteiger charge is -2.11. The van der Waals surface area contributed by atoms with E-state index in [1.54, 1.807) is 11.3 Å². The maximum atomic E-state index is 6.43. The third kappa shape index (κ3) is 2.44. The van der Waals surface area contributed by atoms with Crippen LogP contribution in [-0.2, 0) is 0 Å². The molecule has 0 nitrogen and oxygen atoms in total. The first-order valence-electron chi connectivity index (χ1n) is 4.62. The minimum atomic E-state index is -0.0295. The molecule has 0 saturated heterocycles. The number of alkyl halides is 1. The van der Waals surface area contributed by atoms with E-state index in [1.807, 2.05) is 12.1 Å². The third-order valence-corrected chi connectivity index (χ3v) is 4.33. The molecule has 1 atom stereocenters. The molecule has 1 unspecified atom stereocenters. The monoisotopic (exact) mass is 300 g/mol. The van der Waals surface area contributed by atoms with Crippen LogP contribution in [0.15, 0.2) is 40.2 Å². The van der Waals surface area contributed by atoms with E-state index in [2.05, 4.69) is 46.4 Å². The zero-order valence-corrected chi connectivity index (χ0v) is 11.4. The van der Waals surface area contributed by atoms with Crippen molar-refractivity contribution in [3.05, 3.63) is 56.2 Å². The summed E-state index contributed by atoms with van der Waals surface area (Å²) < 4.78 is 1.10. The van der Waals surface area contributed by atoms with Gasteiger partial charge in [-0.15, -0.1) is 22.9 Å². The average Bonchev–Trinajstić information content (AvgIpc) is 2.69. The van der Waals surface area contributed by atoms with Crippen molar-refractivity contribution in [3.8, 4) is 0 Å². The van der Waals surface area contributed by atoms with E-state index in [-0.39, 0.29) is 5.38 Å². The standard InChI is InChI=1S/C12H10BrClS/c1-8-7-9(13)4-5-10(8)12(14)11-3-2-6-15-11/h2-7,12H,1H3. The van der Waals surface area contributed by atoms with Crippen molar-refractivity contribution >= 4 is 38.9 Å². The first-order chi connectivity index (χ1) is 7.18. The second-order valence-corrected chi connectivity index (χ2v) is 5.71. The second-order valence-electron chi connectivity index (χ2n) is 3.38. The van der Waals surface area contributed by atoms with Crippen molar-refractivity contribution in [1.29, 1.82) is 0 Å². The van der Waals surface area contributed by atoms with Gasteiger partial charge in [0.2, 0.25) is 0 Å². The van der Waals surface area contributed by atoms with Gasteiger partial charge in [-0.3, -0.25) is 0 Å². The van der Waals surface area contributed by atoms with Crippen LogP contribution in [0.25, 0.3) is 0 Å². The van der Waals surface area contributed by atoms with Crippen molar-refractivity contribution < 1.29 is 0 Å². The summed E-state index contributed by atoms with van der Waals surface area (Å²) in [6.07, 6.45) is 0. The number of thiophene rings is 1. The third-order valence-electron chi connectivity index (χ3n) is 2.30. The summed E-state index contributed by atoms with van der Waals surface area (Å²) in [6, 6.07) is 10.3. The Morgan fingerprint density at radius 2 is 2.13 bits per heavy atom. The van der Waals surface area contributed by atoms with Crippen molar-refractivity contribution in [2.24, 2.45) is 0 Å². The molecule has 3 heteroatoms. The largest absolute Gasteiger partial charge is 0.147 e. The molecule has 0 aliphatic rings. The van der Waals surface area contributed by atoms with Gasteiger partial charge in [-0.1, -0.05) is 28.1 Å². The maximum Gasteiger partial charge on any atom is 0.0930 e. The SMILES string of the molecule is Cc1cc(Br)ccc1C(Cl)c1cccs1. The highest BCUT2D eigenvalue weighted by molar-refractivity contribution is 9.10. The van der Waals surface area contributed by atoms with Gasteiger partial charge < -0.3 is 0 Å². The lowest BCUT2D eigenvalue weighted by atomic mass is 10.0. The van der Waals surface area contributed by atoms with Crippen LogP contribution >= 0.6 is 38.9 Å². The number of halogens is 2. The summed E-state index contributed by atoms with van der Waals surface area (Å²) in [4.78, 5) is 1.20. The Bertz CT molecular complexity index is 451. The van der Waals surface area contributed by atoms with Crippen molar-refractivity contribution in [2.45, 2.75) is 12.3 Å². The lowest BCUT2D eigenvalue weighted by Crippen LogP contribution is -1.93. The molecule has 0 N–H and O–H groups in total. The van der Waals surface area contributed by atoms with Crippen LogP contribution in [0.1, 0.15) is 21.4 Å². The highest BCUT2D eigenvalue weighted by Crippen LogP contribution is 2.34. The van der Waals surface area contributed by atoms with Crippen LogP contribution in [0, 0.1) is 6.92 Å². The molecule has 1 aromatic heterocycles. The minimum absolute atomic E-state index is 0.0295. The summed E-state index contributed by atoms with van der Waals surface area (Å²) >= 11 is 11.6. The Labute approximate surface area is 107 Å². The van der Waals surface area contributed by atoms with E-state index in [1.165, 1.54) is 16.0 Å². The van der Waals surface area contributed by atoms with Crippen molar-refractivity contribution in [3.63, 3.8) is 0 Å². The van der Waals surface area contributed by atoms with Crippen LogP contribution in [0.4, 0.5) is 0 Å². The Balaban J connectivity index is 2.38. The van der Waals surface area contributed by atoms with E-state index >= 15 is 0 Å². The summed E-state index contributed by atoms with van der Waals surface area (Å²) in [5, 5.41) is 2.02. The van der Waals surface area contributed by atoms with E-state index < -0.39 is 0 Å². The molecule has 0 saturated carbocycles. The van der Waals surface area contributed by atoms with E-state index in [0.29, 0.717) is 0 Å². The second kappa shape index (κ2) is 4.69. The molecule has 78 valence electrons.